The topological polar surface area (TPSA) is 45.0 Å². The fourth-order valence-electron chi connectivity index (χ4n) is 2.80. The number of rotatable bonds is 3. The smallest absolute Gasteiger partial charge is 0.0991 e. The highest BCUT2D eigenvalue weighted by Crippen LogP contribution is 2.34. The lowest BCUT2D eigenvalue weighted by atomic mass is 9.95. The maximum absolute atomic E-state index is 8.72. The van der Waals surface area contributed by atoms with Crippen LogP contribution in [-0.4, -0.2) is 18.2 Å². The summed E-state index contributed by atoms with van der Waals surface area (Å²) in [6, 6.07) is 10.4. The van der Waals surface area contributed by atoms with Crippen molar-refractivity contribution in [3.63, 3.8) is 0 Å². The van der Waals surface area contributed by atoms with Crippen molar-refractivity contribution in [1.29, 1.82) is 5.26 Å². The third kappa shape index (κ3) is 2.19. The summed E-state index contributed by atoms with van der Waals surface area (Å²) >= 11 is 0. The average molecular weight is 228 g/mol. The van der Waals surface area contributed by atoms with E-state index in [1.54, 1.807) is 0 Å². The fraction of sp³-hybridized carbons (Fsp3) is 0.500. The summed E-state index contributed by atoms with van der Waals surface area (Å²) in [5, 5.41) is 12.3. The van der Waals surface area contributed by atoms with Crippen LogP contribution in [0.25, 0.3) is 0 Å². The maximum Gasteiger partial charge on any atom is 0.0991 e. The summed E-state index contributed by atoms with van der Waals surface area (Å²) in [5.74, 6) is 0. The van der Waals surface area contributed by atoms with Gasteiger partial charge in [-0.15, -0.1) is 0 Å². The minimum atomic E-state index is 0.429. The van der Waals surface area contributed by atoms with E-state index in [1.807, 2.05) is 24.3 Å². The van der Waals surface area contributed by atoms with Crippen LogP contribution in [0.5, 0.6) is 0 Å². The van der Waals surface area contributed by atoms with Gasteiger partial charge in [0.2, 0.25) is 0 Å². The predicted octanol–water partition coefficient (Wildman–Crippen LogP) is 1.97. The van der Waals surface area contributed by atoms with Crippen LogP contribution in [-0.2, 0) is 11.3 Å². The van der Waals surface area contributed by atoms with Crippen LogP contribution in [0.4, 0.5) is 0 Å². The lowest BCUT2D eigenvalue weighted by Crippen LogP contribution is -2.36. The standard InChI is InChI=1S/C14H16N2O/c15-8-10-1-3-11(4-2-10)9-16-13-7-12-5-6-14(13)17-12/h1-4,12-14,16H,5-7,9H2. The second-order valence-corrected chi connectivity index (χ2v) is 4.91. The minimum absolute atomic E-state index is 0.429. The SMILES string of the molecule is N#Cc1ccc(CNC2CC3CCC2O3)cc1. The molecule has 1 N–H and O–H groups in total. The van der Waals surface area contributed by atoms with Crippen LogP contribution >= 0.6 is 0 Å². The zero-order chi connectivity index (χ0) is 11.7. The Bertz CT molecular complexity index is 435. The van der Waals surface area contributed by atoms with Crippen molar-refractivity contribution in [3.8, 4) is 6.07 Å². The molecule has 0 aliphatic carbocycles. The van der Waals surface area contributed by atoms with E-state index in [0.717, 1.165) is 18.5 Å². The molecule has 3 rings (SSSR count). The van der Waals surface area contributed by atoms with Gasteiger partial charge in [0.05, 0.1) is 23.8 Å². The number of nitrogens with one attached hydrogen (secondary N) is 1. The molecule has 2 aliphatic rings. The van der Waals surface area contributed by atoms with Crippen molar-refractivity contribution < 1.29 is 4.74 Å². The third-order valence-electron chi connectivity index (χ3n) is 3.76. The van der Waals surface area contributed by atoms with Crippen molar-refractivity contribution in [3.05, 3.63) is 35.4 Å². The molecule has 17 heavy (non-hydrogen) atoms. The molecule has 88 valence electrons. The summed E-state index contributed by atoms with van der Waals surface area (Å²) in [6.45, 7) is 0.864. The normalized spacial score (nSPS) is 30.4. The number of benzene rings is 1. The van der Waals surface area contributed by atoms with Gasteiger partial charge in [-0.25, -0.2) is 0 Å². The van der Waals surface area contributed by atoms with Crippen LogP contribution in [0.2, 0.25) is 0 Å². The van der Waals surface area contributed by atoms with Gasteiger partial charge in [-0.3, -0.25) is 0 Å². The molecule has 0 amide bonds. The van der Waals surface area contributed by atoms with Gasteiger partial charge < -0.3 is 10.1 Å². The van der Waals surface area contributed by atoms with Crippen molar-refractivity contribution in [2.75, 3.05) is 0 Å². The largest absolute Gasteiger partial charge is 0.373 e. The highest BCUT2D eigenvalue weighted by Gasteiger charge is 2.40. The summed E-state index contributed by atoms with van der Waals surface area (Å²) in [5.41, 5.74) is 1.95. The maximum atomic E-state index is 8.72. The van der Waals surface area contributed by atoms with E-state index < -0.39 is 0 Å². The van der Waals surface area contributed by atoms with Crippen molar-refractivity contribution in [1.82, 2.24) is 5.32 Å². The number of fused-ring (bicyclic) bond motifs is 2. The molecule has 3 heteroatoms. The molecule has 0 aromatic heterocycles. The number of nitriles is 1. The van der Waals surface area contributed by atoms with E-state index in [0.29, 0.717) is 18.2 Å². The summed E-state index contributed by atoms with van der Waals surface area (Å²) in [6.07, 6.45) is 4.52. The Balaban J connectivity index is 1.55. The Morgan fingerprint density at radius 2 is 2.12 bits per heavy atom. The molecule has 0 spiro atoms. The molecule has 3 unspecified atom stereocenters. The van der Waals surface area contributed by atoms with E-state index in [-0.39, 0.29) is 0 Å². The Kier molecular flexibility index (Phi) is 2.84. The van der Waals surface area contributed by atoms with Crippen LogP contribution in [0.3, 0.4) is 0 Å². The lowest BCUT2D eigenvalue weighted by Gasteiger charge is -2.20. The van der Waals surface area contributed by atoms with Crippen molar-refractivity contribution in [2.24, 2.45) is 0 Å². The second kappa shape index (κ2) is 4.48. The van der Waals surface area contributed by atoms with Crippen molar-refractivity contribution >= 4 is 0 Å². The molecule has 2 saturated heterocycles. The highest BCUT2D eigenvalue weighted by atomic mass is 16.5. The molecular weight excluding hydrogens is 212 g/mol. The second-order valence-electron chi connectivity index (χ2n) is 4.91. The predicted molar refractivity (Wildman–Crippen MR) is 64.3 cm³/mol. The molecule has 3 atom stereocenters. The van der Waals surface area contributed by atoms with Crippen LogP contribution in [0.15, 0.2) is 24.3 Å². The Labute approximate surface area is 101 Å². The first-order valence-corrected chi connectivity index (χ1v) is 6.23. The average Bonchev–Trinajstić information content (AvgIpc) is 2.99. The lowest BCUT2D eigenvalue weighted by molar-refractivity contribution is 0.0973. The molecule has 3 nitrogen and oxygen atoms in total. The van der Waals surface area contributed by atoms with Crippen molar-refractivity contribution in [2.45, 2.75) is 44.1 Å². The quantitative estimate of drug-likeness (QED) is 0.860. The number of hydrogen-bond acceptors (Lipinski definition) is 3. The molecule has 2 aliphatic heterocycles. The van der Waals surface area contributed by atoms with E-state index in [4.69, 9.17) is 10.00 Å². The van der Waals surface area contributed by atoms with Gasteiger partial charge in [-0.05, 0) is 37.0 Å². The van der Waals surface area contributed by atoms with Gasteiger partial charge in [-0.1, -0.05) is 12.1 Å². The van der Waals surface area contributed by atoms with E-state index >= 15 is 0 Å². The van der Waals surface area contributed by atoms with Gasteiger partial charge in [0.25, 0.3) is 0 Å². The van der Waals surface area contributed by atoms with Crippen LogP contribution < -0.4 is 5.32 Å². The molecule has 1 aromatic rings. The van der Waals surface area contributed by atoms with Gasteiger partial charge >= 0.3 is 0 Å². The zero-order valence-corrected chi connectivity index (χ0v) is 9.73. The summed E-state index contributed by atoms with van der Waals surface area (Å²) in [7, 11) is 0. The molecule has 0 saturated carbocycles. The minimum Gasteiger partial charge on any atom is -0.373 e. The van der Waals surface area contributed by atoms with Gasteiger partial charge in [0, 0.05) is 12.6 Å². The highest BCUT2D eigenvalue weighted by molar-refractivity contribution is 5.31. The molecule has 1 aromatic carbocycles. The first-order valence-electron chi connectivity index (χ1n) is 6.23. The van der Waals surface area contributed by atoms with E-state index in [9.17, 15) is 0 Å². The molecular formula is C14H16N2O. The first-order chi connectivity index (χ1) is 8.35. The number of nitrogens with zero attached hydrogens (tertiary/aromatic N) is 1. The third-order valence-corrected chi connectivity index (χ3v) is 3.76. The molecule has 0 radical (unpaired) electrons. The monoisotopic (exact) mass is 228 g/mol. The Morgan fingerprint density at radius 1 is 1.29 bits per heavy atom. The van der Waals surface area contributed by atoms with Crippen LogP contribution in [0, 0.1) is 11.3 Å². The fourth-order valence-corrected chi connectivity index (χ4v) is 2.80. The molecule has 2 fully saturated rings. The van der Waals surface area contributed by atoms with Gasteiger partial charge in [0.1, 0.15) is 0 Å². The molecule has 2 bridgehead atoms. The Morgan fingerprint density at radius 3 is 2.71 bits per heavy atom. The first kappa shape index (κ1) is 10.8. The van der Waals surface area contributed by atoms with Crippen LogP contribution in [0.1, 0.15) is 30.4 Å². The molecule has 2 heterocycles. The van der Waals surface area contributed by atoms with Gasteiger partial charge in [0.15, 0.2) is 0 Å². The number of ether oxygens (including phenoxy) is 1. The summed E-state index contributed by atoms with van der Waals surface area (Å²) in [4.78, 5) is 0. The zero-order valence-electron chi connectivity index (χ0n) is 9.73. The Hall–Kier alpha value is -1.37. The van der Waals surface area contributed by atoms with E-state index in [1.165, 1.54) is 18.4 Å². The summed E-state index contributed by atoms with van der Waals surface area (Å²) < 4.78 is 5.80. The van der Waals surface area contributed by atoms with Gasteiger partial charge in [-0.2, -0.15) is 5.26 Å². The van der Waals surface area contributed by atoms with E-state index in [2.05, 4.69) is 11.4 Å². The number of hydrogen-bond donors (Lipinski definition) is 1.